The van der Waals surface area contributed by atoms with Crippen LogP contribution in [-0.2, 0) is 0 Å². The molecule has 3 heterocycles. The van der Waals surface area contributed by atoms with Gasteiger partial charge < -0.3 is 10.3 Å². The van der Waals surface area contributed by atoms with Gasteiger partial charge in [0.1, 0.15) is 5.01 Å². The molecule has 0 amide bonds. The number of para-hydroxylation sites is 2. The van der Waals surface area contributed by atoms with Crippen LogP contribution in [-0.4, -0.2) is 19.9 Å². The molecule has 0 radical (unpaired) electrons. The van der Waals surface area contributed by atoms with Crippen LogP contribution >= 0.6 is 11.3 Å². The van der Waals surface area contributed by atoms with E-state index in [0.717, 1.165) is 44.6 Å². The van der Waals surface area contributed by atoms with E-state index in [4.69, 9.17) is 4.98 Å². The van der Waals surface area contributed by atoms with E-state index in [1.54, 1.807) is 17.5 Å². The Morgan fingerprint density at radius 1 is 0.852 bits per heavy atom. The topological polar surface area (TPSA) is 66.5 Å². The van der Waals surface area contributed by atoms with Crippen molar-refractivity contribution in [2.75, 3.05) is 5.32 Å². The lowest BCUT2D eigenvalue weighted by atomic mass is 10.1. The van der Waals surface area contributed by atoms with Crippen LogP contribution in [0.3, 0.4) is 0 Å². The molecule has 0 spiro atoms. The van der Waals surface area contributed by atoms with Crippen molar-refractivity contribution in [1.29, 1.82) is 0 Å². The van der Waals surface area contributed by atoms with Crippen molar-refractivity contribution in [3.8, 4) is 22.0 Å². The van der Waals surface area contributed by atoms with E-state index >= 15 is 0 Å². The van der Waals surface area contributed by atoms with E-state index in [1.165, 1.54) is 0 Å². The van der Waals surface area contributed by atoms with E-state index in [1.807, 2.05) is 54.6 Å². The van der Waals surface area contributed by atoms with Crippen LogP contribution < -0.4 is 5.32 Å². The summed E-state index contributed by atoms with van der Waals surface area (Å²) in [4.78, 5) is 17.0. The maximum Gasteiger partial charge on any atom is 0.205 e. The molecule has 0 bridgehead atoms. The smallest absolute Gasteiger partial charge is 0.205 e. The molecule has 0 atom stereocenters. The van der Waals surface area contributed by atoms with Crippen molar-refractivity contribution in [1.82, 2.24) is 19.9 Å². The highest BCUT2D eigenvalue weighted by molar-refractivity contribution is 7.13. The number of anilines is 2. The number of H-pyrrole nitrogens is 1. The predicted octanol–water partition coefficient (Wildman–Crippen LogP) is 5.49. The molecule has 5 aromatic rings. The molecular weight excluding hydrogens is 354 g/mol. The van der Waals surface area contributed by atoms with Crippen LogP contribution in [0, 0.1) is 0 Å². The van der Waals surface area contributed by atoms with E-state index < -0.39 is 0 Å². The van der Waals surface area contributed by atoms with Crippen molar-refractivity contribution >= 4 is 34.0 Å². The van der Waals surface area contributed by atoms with Gasteiger partial charge >= 0.3 is 0 Å². The van der Waals surface area contributed by atoms with Crippen molar-refractivity contribution < 1.29 is 0 Å². The van der Waals surface area contributed by atoms with Crippen LogP contribution in [0.15, 0.2) is 78.3 Å². The molecule has 0 aliphatic carbocycles. The Bertz CT molecular complexity index is 1180. The van der Waals surface area contributed by atoms with Gasteiger partial charge in [0.05, 0.1) is 22.4 Å². The molecular formula is C21H15N5S. The average molecular weight is 369 g/mol. The molecule has 2 aromatic carbocycles. The maximum atomic E-state index is 4.74. The third-order valence-corrected chi connectivity index (χ3v) is 5.06. The monoisotopic (exact) mass is 369 g/mol. The minimum atomic E-state index is 0.723. The van der Waals surface area contributed by atoms with Gasteiger partial charge in [-0.25, -0.2) is 9.97 Å². The molecule has 0 saturated heterocycles. The van der Waals surface area contributed by atoms with Gasteiger partial charge in [-0.1, -0.05) is 30.3 Å². The molecule has 0 aliphatic rings. The van der Waals surface area contributed by atoms with Gasteiger partial charge in [-0.3, -0.25) is 4.98 Å². The van der Waals surface area contributed by atoms with Gasteiger partial charge in [0.15, 0.2) is 0 Å². The van der Waals surface area contributed by atoms with E-state index in [0.29, 0.717) is 0 Å². The quantitative estimate of drug-likeness (QED) is 0.439. The molecule has 130 valence electrons. The summed E-state index contributed by atoms with van der Waals surface area (Å²) >= 11 is 1.60. The minimum Gasteiger partial charge on any atom is -0.326 e. The normalized spacial score (nSPS) is 11.0. The highest BCUT2D eigenvalue weighted by Crippen LogP contribution is 2.29. The number of rotatable bonds is 4. The molecule has 6 heteroatoms. The van der Waals surface area contributed by atoms with Gasteiger partial charge in [0.25, 0.3) is 0 Å². The second-order valence-corrected chi connectivity index (χ2v) is 6.92. The minimum absolute atomic E-state index is 0.723. The number of benzene rings is 2. The number of aromatic amines is 1. The summed E-state index contributed by atoms with van der Waals surface area (Å²) in [6, 6.07) is 22.0. The molecule has 0 saturated carbocycles. The van der Waals surface area contributed by atoms with Crippen LogP contribution in [0.4, 0.5) is 11.6 Å². The van der Waals surface area contributed by atoms with Crippen LogP contribution in [0.5, 0.6) is 0 Å². The summed E-state index contributed by atoms with van der Waals surface area (Å²) in [7, 11) is 0. The molecule has 27 heavy (non-hydrogen) atoms. The first-order chi connectivity index (χ1) is 13.3. The standard InChI is InChI=1S/C21H15N5S/c1-2-9-17-16(8-1)25-21(26-17)23-15-7-5-6-14(12-15)19-13-27-20(24-19)18-10-3-4-11-22-18/h1-13H,(H2,23,25,26). The molecule has 3 aromatic heterocycles. The number of hydrogen-bond donors (Lipinski definition) is 2. The first-order valence-corrected chi connectivity index (χ1v) is 9.42. The van der Waals surface area contributed by atoms with E-state index in [2.05, 4.69) is 37.8 Å². The van der Waals surface area contributed by atoms with Gasteiger partial charge in [-0.15, -0.1) is 11.3 Å². The predicted molar refractivity (Wildman–Crippen MR) is 110 cm³/mol. The number of aromatic nitrogens is 4. The summed E-state index contributed by atoms with van der Waals surface area (Å²) in [5.74, 6) is 0.723. The Hall–Kier alpha value is -3.51. The lowest BCUT2D eigenvalue weighted by molar-refractivity contribution is 1.29. The summed E-state index contributed by atoms with van der Waals surface area (Å²) < 4.78 is 0. The maximum absolute atomic E-state index is 4.74. The fourth-order valence-electron chi connectivity index (χ4n) is 2.92. The number of hydrogen-bond acceptors (Lipinski definition) is 5. The number of nitrogens with one attached hydrogen (secondary N) is 2. The van der Waals surface area contributed by atoms with Gasteiger partial charge in [-0.2, -0.15) is 0 Å². The van der Waals surface area contributed by atoms with Gasteiger partial charge in [0.2, 0.25) is 5.95 Å². The van der Waals surface area contributed by atoms with E-state index in [9.17, 15) is 0 Å². The fourth-order valence-corrected chi connectivity index (χ4v) is 3.72. The zero-order valence-corrected chi connectivity index (χ0v) is 15.1. The molecule has 5 nitrogen and oxygen atoms in total. The third-order valence-electron chi connectivity index (χ3n) is 4.20. The summed E-state index contributed by atoms with van der Waals surface area (Å²) in [6.07, 6.45) is 1.79. The van der Waals surface area contributed by atoms with E-state index in [-0.39, 0.29) is 0 Å². The van der Waals surface area contributed by atoms with Crippen molar-refractivity contribution in [2.24, 2.45) is 0 Å². The molecule has 0 unspecified atom stereocenters. The largest absolute Gasteiger partial charge is 0.326 e. The average Bonchev–Trinajstić information content (AvgIpc) is 3.36. The first-order valence-electron chi connectivity index (χ1n) is 8.54. The molecule has 2 N–H and O–H groups in total. The number of imidazole rings is 1. The molecule has 5 rings (SSSR count). The Labute approximate surface area is 159 Å². The van der Waals surface area contributed by atoms with Crippen molar-refractivity contribution in [2.45, 2.75) is 0 Å². The van der Waals surface area contributed by atoms with Gasteiger partial charge in [-0.05, 0) is 36.4 Å². The second-order valence-electron chi connectivity index (χ2n) is 6.06. The zero-order chi connectivity index (χ0) is 18.1. The zero-order valence-electron chi connectivity index (χ0n) is 14.3. The molecule has 0 aliphatic heterocycles. The Balaban J connectivity index is 1.43. The second kappa shape index (κ2) is 6.66. The van der Waals surface area contributed by atoms with Crippen molar-refractivity contribution in [3.05, 3.63) is 78.3 Å². The van der Waals surface area contributed by atoms with Crippen molar-refractivity contribution in [3.63, 3.8) is 0 Å². The summed E-state index contributed by atoms with van der Waals surface area (Å²) in [5.41, 5.74) is 5.79. The Morgan fingerprint density at radius 3 is 2.67 bits per heavy atom. The highest BCUT2D eigenvalue weighted by Gasteiger charge is 2.09. The Kier molecular flexibility index (Phi) is 3.88. The fraction of sp³-hybridized carbons (Fsp3) is 0. The number of nitrogens with zero attached hydrogens (tertiary/aromatic N) is 3. The number of pyridine rings is 1. The van der Waals surface area contributed by atoms with Gasteiger partial charge in [0, 0.05) is 22.8 Å². The first kappa shape index (κ1) is 15.7. The molecule has 0 fully saturated rings. The van der Waals surface area contributed by atoms with Crippen LogP contribution in [0.25, 0.3) is 33.0 Å². The number of thiazole rings is 1. The summed E-state index contributed by atoms with van der Waals surface area (Å²) in [6.45, 7) is 0. The van der Waals surface area contributed by atoms with Crippen LogP contribution in [0.2, 0.25) is 0 Å². The Morgan fingerprint density at radius 2 is 1.78 bits per heavy atom. The number of fused-ring (bicyclic) bond motifs is 1. The lowest BCUT2D eigenvalue weighted by Crippen LogP contribution is -1.92. The SMILES string of the molecule is c1ccc(-c2nc(-c3cccc(Nc4nc5ccccc5[nH]4)c3)cs2)nc1. The third kappa shape index (κ3) is 3.18. The van der Waals surface area contributed by atoms with Crippen LogP contribution in [0.1, 0.15) is 0 Å². The highest BCUT2D eigenvalue weighted by atomic mass is 32.1. The lowest BCUT2D eigenvalue weighted by Gasteiger charge is -2.04. The summed E-state index contributed by atoms with van der Waals surface area (Å²) in [5, 5.41) is 6.32.